The molecule has 0 radical (unpaired) electrons. The Morgan fingerprint density at radius 3 is 2.54 bits per heavy atom. The summed E-state index contributed by atoms with van der Waals surface area (Å²) in [5.41, 5.74) is 3.83. The van der Waals surface area contributed by atoms with E-state index in [9.17, 15) is 14.0 Å². The molecule has 2 N–H and O–H groups in total. The number of rotatable bonds is 7. The molecule has 0 aliphatic heterocycles. The molecular weight excluding hydrogens is 337 g/mol. The molecule has 2 amide bonds. The topological polar surface area (TPSA) is 79.8 Å². The van der Waals surface area contributed by atoms with E-state index in [2.05, 4.69) is 15.8 Å². The van der Waals surface area contributed by atoms with Gasteiger partial charge in [-0.05, 0) is 42.8 Å². The van der Waals surface area contributed by atoms with Crippen LogP contribution in [0.2, 0.25) is 0 Å². The lowest BCUT2D eigenvalue weighted by molar-refractivity contribution is -0.120. The van der Waals surface area contributed by atoms with Crippen LogP contribution in [0, 0.1) is 5.82 Å². The Hall–Kier alpha value is -3.22. The highest BCUT2D eigenvalue weighted by atomic mass is 19.1. The van der Waals surface area contributed by atoms with E-state index in [0.717, 1.165) is 17.4 Å². The summed E-state index contributed by atoms with van der Waals surface area (Å²) < 4.78 is 18.2. The van der Waals surface area contributed by atoms with E-state index in [1.165, 1.54) is 18.2 Å². The largest absolute Gasteiger partial charge is 0.497 e. The molecule has 0 heterocycles. The number of ether oxygens (including phenoxy) is 1. The number of carbonyl (C=O) groups excluding carboxylic acids is 2. The molecule has 0 bridgehead atoms. The van der Waals surface area contributed by atoms with Gasteiger partial charge in [0.1, 0.15) is 11.6 Å². The molecule has 0 saturated heterocycles. The van der Waals surface area contributed by atoms with E-state index in [1.807, 2.05) is 24.3 Å². The SMILES string of the molecule is COc1ccc(CNC(=O)C/C(C)=N/NC(=O)c2cccc(F)c2)cc1. The molecule has 0 unspecified atom stereocenters. The van der Waals surface area contributed by atoms with Gasteiger partial charge in [0.25, 0.3) is 5.91 Å². The Kier molecular flexibility index (Phi) is 6.84. The minimum Gasteiger partial charge on any atom is -0.497 e. The van der Waals surface area contributed by atoms with Crippen molar-refractivity contribution in [3.05, 3.63) is 65.5 Å². The molecule has 2 aromatic carbocycles. The Morgan fingerprint density at radius 1 is 1.15 bits per heavy atom. The standard InChI is InChI=1S/C19H20FN3O3/c1-13(22-23-19(25)15-4-3-5-16(20)11-15)10-18(24)21-12-14-6-8-17(26-2)9-7-14/h3-9,11H,10,12H2,1-2H3,(H,21,24)(H,23,25)/b22-13+. The fourth-order valence-electron chi connectivity index (χ4n) is 2.12. The number of hydrazone groups is 1. The van der Waals surface area contributed by atoms with Crippen LogP contribution in [0.1, 0.15) is 29.3 Å². The van der Waals surface area contributed by atoms with E-state index < -0.39 is 11.7 Å². The van der Waals surface area contributed by atoms with E-state index in [1.54, 1.807) is 14.0 Å². The van der Waals surface area contributed by atoms with Crippen molar-refractivity contribution in [2.45, 2.75) is 19.9 Å². The van der Waals surface area contributed by atoms with Crippen LogP contribution in [0.5, 0.6) is 5.75 Å². The highest BCUT2D eigenvalue weighted by Gasteiger charge is 2.07. The van der Waals surface area contributed by atoms with Crippen LogP contribution in [-0.2, 0) is 11.3 Å². The molecule has 2 rings (SSSR count). The summed E-state index contributed by atoms with van der Waals surface area (Å²) in [7, 11) is 1.59. The molecule has 0 fully saturated rings. The molecule has 0 aromatic heterocycles. The third kappa shape index (κ3) is 6.01. The number of benzene rings is 2. The first-order valence-electron chi connectivity index (χ1n) is 7.96. The summed E-state index contributed by atoms with van der Waals surface area (Å²) in [4.78, 5) is 23.8. The summed E-state index contributed by atoms with van der Waals surface area (Å²) >= 11 is 0. The molecule has 7 heteroatoms. The molecule has 2 aromatic rings. The number of halogens is 1. The Morgan fingerprint density at radius 2 is 1.88 bits per heavy atom. The van der Waals surface area contributed by atoms with Crippen LogP contribution >= 0.6 is 0 Å². The first kappa shape index (κ1) is 19.1. The van der Waals surface area contributed by atoms with Gasteiger partial charge in [-0.2, -0.15) is 5.10 Å². The first-order valence-corrected chi connectivity index (χ1v) is 7.96. The Bertz CT molecular complexity index is 804. The zero-order valence-corrected chi connectivity index (χ0v) is 14.6. The summed E-state index contributed by atoms with van der Waals surface area (Å²) in [5.74, 6) is -0.516. The van der Waals surface area contributed by atoms with Crippen LogP contribution < -0.4 is 15.5 Å². The summed E-state index contributed by atoms with van der Waals surface area (Å²) in [6.07, 6.45) is 0.0413. The number of nitrogens with zero attached hydrogens (tertiary/aromatic N) is 1. The highest BCUT2D eigenvalue weighted by molar-refractivity contribution is 6.01. The van der Waals surface area contributed by atoms with Gasteiger partial charge >= 0.3 is 0 Å². The number of methoxy groups -OCH3 is 1. The third-order valence-electron chi connectivity index (χ3n) is 3.50. The van der Waals surface area contributed by atoms with Crippen LogP contribution in [0.4, 0.5) is 4.39 Å². The number of nitrogens with one attached hydrogen (secondary N) is 2. The maximum absolute atomic E-state index is 13.1. The average Bonchev–Trinajstić information content (AvgIpc) is 2.65. The third-order valence-corrected chi connectivity index (χ3v) is 3.50. The van der Waals surface area contributed by atoms with Gasteiger partial charge in [-0.25, -0.2) is 9.82 Å². The van der Waals surface area contributed by atoms with E-state index in [0.29, 0.717) is 12.3 Å². The lowest BCUT2D eigenvalue weighted by Gasteiger charge is -2.07. The molecule has 0 atom stereocenters. The van der Waals surface area contributed by atoms with Crippen LogP contribution in [-0.4, -0.2) is 24.6 Å². The number of hydrogen-bond acceptors (Lipinski definition) is 4. The maximum atomic E-state index is 13.1. The van der Waals surface area contributed by atoms with Gasteiger partial charge in [0.05, 0.1) is 13.5 Å². The highest BCUT2D eigenvalue weighted by Crippen LogP contribution is 2.11. The van der Waals surface area contributed by atoms with E-state index >= 15 is 0 Å². The molecule has 0 saturated carbocycles. The van der Waals surface area contributed by atoms with Gasteiger partial charge in [0.2, 0.25) is 5.91 Å². The normalized spacial score (nSPS) is 11.0. The minimum absolute atomic E-state index is 0.0413. The maximum Gasteiger partial charge on any atom is 0.271 e. The molecule has 26 heavy (non-hydrogen) atoms. The summed E-state index contributed by atoms with van der Waals surface area (Å²) in [6, 6.07) is 12.6. The van der Waals surface area contributed by atoms with Gasteiger partial charge in [0.15, 0.2) is 0 Å². The van der Waals surface area contributed by atoms with Crippen LogP contribution in [0.25, 0.3) is 0 Å². The smallest absolute Gasteiger partial charge is 0.271 e. The van der Waals surface area contributed by atoms with Gasteiger partial charge in [-0.15, -0.1) is 0 Å². The quantitative estimate of drug-likeness (QED) is 0.591. The summed E-state index contributed by atoms with van der Waals surface area (Å²) in [6.45, 7) is 2.00. The fourth-order valence-corrected chi connectivity index (χ4v) is 2.12. The van der Waals surface area contributed by atoms with Gasteiger partial charge in [-0.1, -0.05) is 18.2 Å². The lowest BCUT2D eigenvalue weighted by atomic mass is 10.2. The Labute approximate surface area is 151 Å². The van der Waals surface area contributed by atoms with Gasteiger partial charge < -0.3 is 10.1 Å². The van der Waals surface area contributed by atoms with Crippen molar-refractivity contribution in [1.82, 2.24) is 10.7 Å². The molecule has 0 aliphatic rings. The van der Waals surface area contributed by atoms with Crippen molar-refractivity contribution in [2.75, 3.05) is 7.11 Å². The van der Waals surface area contributed by atoms with Crippen molar-refractivity contribution >= 4 is 17.5 Å². The predicted octanol–water partition coefficient (Wildman–Crippen LogP) is 2.65. The van der Waals surface area contributed by atoms with Crippen molar-refractivity contribution in [1.29, 1.82) is 0 Å². The fraction of sp³-hybridized carbons (Fsp3) is 0.211. The zero-order valence-electron chi connectivity index (χ0n) is 14.6. The van der Waals surface area contributed by atoms with Crippen molar-refractivity contribution in [2.24, 2.45) is 5.10 Å². The lowest BCUT2D eigenvalue weighted by Crippen LogP contribution is -2.26. The van der Waals surface area contributed by atoms with Crippen molar-refractivity contribution < 1.29 is 18.7 Å². The van der Waals surface area contributed by atoms with Crippen molar-refractivity contribution in [3.63, 3.8) is 0 Å². The monoisotopic (exact) mass is 357 g/mol. The molecule has 136 valence electrons. The first-order chi connectivity index (χ1) is 12.5. The zero-order chi connectivity index (χ0) is 18.9. The minimum atomic E-state index is -0.539. The number of carbonyl (C=O) groups is 2. The number of amides is 2. The molecule has 0 spiro atoms. The second-order valence-corrected chi connectivity index (χ2v) is 5.60. The Balaban J connectivity index is 1.80. The van der Waals surface area contributed by atoms with Crippen molar-refractivity contribution in [3.8, 4) is 5.75 Å². The molecular formula is C19H20FN3O3. The molecule has 6 nitrogen and oxygen atoms in total. The van der Waals surface area contributed by atoms with E-state index in [4.69, 9.17) is 4.74 Å². The van der Waals surface area contributed by atoms with Gasteiger partial charge in [0, 0.05) is 17.8 Å². The summed E-state index contributed by atoms with van der Waals surface area (Å²) in [5, 5.41) is 6.64. The second kappa shape index (κ2) is 9.31. The van der Waals surface area contributed by atoms with Crippen LogP contribution in [0.3, 0.4) is 0 Å². The van der Waals surface area contributed by atoms with E-state index in [-0.39, 0.29) is 17.9 Å². The average molecular weight is 357 g/mol. The second-order valence-electron chi connectivity index (χ2n) is 5.60. The van der Waals surface area contributed by atoms with Gasteiger partial charge in [-0.3, -0.25) is 9.59 Å². The number of hydrogen-bond donors (Lipinski definition) is 2. The van der Waals surface area contributed by atoms with Crippen LogP contribution in [0.15, 0.2) is 53.6 Å². The molecule has 0 aliphatic carbocycles. The predicted molar refractivity (Wildman–Crippen MR) is 96.4 cm³/mol.